The molecule has 0 spiro atoms. The molecule has 0 saturated heterocycles. The fraction of sp³-hybridized carbons (Fsp3) is 0.292. The molecule has 1 unspecified atom stereocenters. The van der Waals surface area contributed by atoms with Crippen LogP contribution in [0.4, 0.5) is 5.69 Å². The number of aromatic nitrogens is 2. The second-order valence-corrected chi connectivity index (χ2v) is 7.46. The molecule has 0 bridgehead atoms. The molecule has 0 saturated carbocycles. The smallest absolute Gasteiger partial charge is 0.295 e. The number of rotatable bonds is 8. The summed E-state index contributed by atoms with van der Waals surface area (Å²) >= 11 is 0. The van der Waals surface area contributed by atoms with Crippen molar-refractivity contribution in [3.05, 3.63) is 82.3 Å². The van der Waals surface area contributed by atoms with Crippen LogP contribution in [0.5, 0.6) is 0 Å². The Balaban J connectivity index is 1.85. The summed E-state index contributed by atoms with van der Waals surface area (Å²) in [5.74, 6) is -0.716. The number of nitrogens with zero attached hydrogens (tertiary/aromatic N) is 2. The van der Waals surface area contributed by atoms with E-state index in [-0.39, 0.29) is 17.2 Å². The molecular formula is C24H28N4O3. The van der Waals surface area contributed by atoms with E-state index < -0.39 is 11.9 Å². The zero-order valence-corrected chi connectivity index (χ0v) is 18.1. The van der Waals surface area contributed by atoms with E-state index in [1.165, 1.54) is 4.68 Å². The highest BCUT2D eigenvalue weighted by Crippen LogP contribution is 2.15. The molecule has 7 nitrogen and oxygen atoms in total. The average molecular weight is 421 g/mol. The molecule has 1 atom stereocenters. The maximum atomic E-state index is 13.1. The number of para-hydroxylation sites is 1. The lowest BCUT2D eigenvalue weighted by Gasteiger charge is -2.18. The number of unbranched alkanes of at least 4 members (excludes halogenated alkanes) is 1. The predicted octanol–water partition coefficient (Wildman–Crippen LogP) is 3.41. The lowest BCUT2D eigenvalue weighted by atomic mass is 10.1. The number of carbonyl (C=O) groups excluding carboxylic acids is 2. The number of nitrogens with one attached hydrogen (secondary N) is 2. The summed E-state index contributed by atoms with van der Waals surface area (Å²) in [7, 11) is 1.77. The first kappa shape index (κ1) is 22.1. The topological polar surface area (TPSA) is 85.1 Å². The molecule has 162 valence electrons. The van der Waals surface area contributed by atoms with Crippen molar-refractivity contribution in [2.75, 3.05) is 5.32 Å². The highest BCUT2D eigenvalue weighted by atomic mass is 16.2. The van der Waals surface area contributed by atoms with Crippen molar-refractivity contribution < 1.29 is 9.59 Å². The van der Waals surface area contributed by atoms with Gasteiger partial charge in [0, 0.05) is 12.6 Å². The molecule has 7 heteroatoms. The van der Waals surface area contributed by atoms with Crippen LogP contribution in [-0.4, -0.2) is 27.2 Å². The van der Waals surface area contributed by atoms with Gasteiger partial charge in [-0.3, -0.25) is 19.1 Å². The number of anilines is 1. The minimum absolute atomic E-state index is 0.215. The molecule has 1 aromatic heterocycles. The molecule has 0 aliphatic rings. The van der Waals surface area contributed by atoms with E-state index in [0.717, 1.165) is 12.8 Å². The number of carbonyl (C=O) groups is 2. The van der Waals surface area contributed by atoms with E-state index in [2.05, 4.69) is 10.6 Å². The summed E-state index contributed by atoms with van der Waals surface area (Å²) in [5.41, 5.74) is 1.72. The van der Waals surface area contributed by atoms with Crippen molar-refractivity contribution in [1.29, 1.82) is 0 Å². The van der Waals surface area contributed by atoms with Crippen LogP contribution in [0.25, 0.3) is 5.69 Å². The summed E-state index contributed by atoms with van der Waals surface area (Å²) in [6, 6.07) is 17.3. The Morgan fingerprint density at radius 1 is 1.00 bits per heavy atom. The zero-order valence-electron chi connectivity index (χ0n) is 18.1. The Hall–Kier alpha value is -3.61. The monoisotopic (exact) mass is 420 g/mol. The fourth-order valence-corrected chi connectivity index (χ4v) is 3.43. The van der Waals surface area contributed by atoms with Gasteiger partial charge in [0.2, 0.25) is 5.91 Å². The molecule has 0 aliphatic heterocycles. The fourth-order valence-electron chi connectivity index (χ4n) is 3.43. The molecule has 1 heterocycles. The summed E-state index contributed by atoms with van der Waals surface area (Å²) in [5, 5.41) is 5.58. The number of amides is 2. The van der Waals surface area contributed by atoms with Gasteiger partial charge in [0.1, 0.15) is 11.7 Å². The Morgan fingerprint density at radius 3 is 2.23 bits per heavy atom. The lowest BCUT2D eigenvalue weighted by Crippen LogP contribution is -2.44. The van der Waals surface area contributed by atoms with Crippen molar-refractivity contribution in [3.63, 3.8) is 0 Å². The van der Waals surface area contributed by atoms with Gasteiger partial charge >= 0.3 is 0 Å². The number of benzene rings is 2. The predicted molar refractivity (Wildman–Crippen MR) is 122 cm³/mol. The molecule has 31 heavy (non-hydrogen) atoms. The second-order valence-electron chi connectivity index (χ2n) is 7.46. The first-order chi connectivity index (χ1) is 14.9. The minimum Gasteiger partial charge on any atom is -0.340 e. The van der Waals surface area contributed by atoms with Gasteiger partial charge in [0.25, 0.3) is 11.5 Å². The molecular weight excluding hydrogens is 392 g/mol. The number of hydrogen-bond donors (Lipinski definition) is 2. The Labute approximate surface area is 181 Å². The summed E-state index contributed by atoms with van der Waals surface area (Å²) < 4.78 is 3.21. The molecule has 3 rings (SSSR count). The van der Waals surface area contributed by atoms with Crippen LogP contribution >= 0.6 is 0 Å². The Kier molecular flexibility index (Phi) is 7.07. The standard InChI is InChI=1S/C24H28N4O3/c1-4-5-16-20(25-22(29)18-12-8-6-9-13-18)23(30)26-21-17(2)27(3)28(24(21)31)19-14-10-7-11-15-19/h6-15,20H,4-5,16H2,1-3H3,(H,25,29)(H,26,30). The van der Waals surface area contributed by atoms with Gasteiger partial charge in [0.15, 0.2) is 0 Å². The van der Waals surface area contributed by atoms with Crippen molar-refractivity contribution >= 4 is 17.5 Å². The van der Waals surface area contributed by atoms with E-state index >= 15 is 0 Å². The van der Waals surface area contributed by atoms with Crippen LogP contribution in [0.1, 0.15) is 42.2 Å². The summed E-state index contributed by atoms with van der Waals surface area (Å²) in [6.07, 6.45) is 2.14. The Morgan fingerprint density at radius 2 is 1.61 bits per heavy atom. The largest absolute Gasteiger partial charge is 0.340 e. The molecule has 2 aromatic carbocycles. The quantitative estimate of drug-likeness (QED) is 0.586. The molecule has 0 radical (unpaired) electrons. The number of hydrogen-bond acceptors (Lipinski definition) is 3. The third-order valence-electron chi connectivity index (χ3n) is 5.31. The lowest BCUT2D eigenvalue weighted by molar-refractivity contribution is -0.118. The van der Waals surface area contributed by atoms with Gasteiger partial charge in [0.05, 0.1) is 11.4 Å². The van der Waals surface area contributed by atoms with Gasteiger partial charge in [-0.05, 0) is 37.6 Å². The molecule has 2 amide bonds. The molecule has 0 aliphatic carbocycles. The molecule has 2 N–H and O–H groups in total. The van der Waals surface area contributed by atoms with Gasteiger partial charge in [-0.1, -0.05) is 56.2 Å². The minimum atomic E-state index is -0.739. The van der Waals surface area contributed by atoms with Gasteiger partial charge in [-0.25, -0.2) is 4.68 Å². The summed E-state index contributed by atoms with van der Waals surface area (Å²) in [4.78, 5) is 38.7. The molecule has 0 fully saturated rings. The van der Waals surface area contributed by atoms with Crippen LogP contribution in [0.15, 0.2) is 65.5 Å². The SMILES string of the molecule is CCCCC(NC(=O)c1ccccc1)C(=O)Nc1c(C)n(C)n(-c2ccccc2)c1=O. The zero-order chi connectivity index (χ0) is 22.4. The third-order valence-corrected chi connectivity index (χ3v) is 5.31. The van der Waals surface area contributed by atoms with Crippen molar-refractivity contribution in [1.82, 2.24) is 14.7 Å². The van der Waals surface area contributed by atoms with Crippen LogP contribution < -0.4 is 16.2 Å². The highest BCUT2D eigenvalue weighted by molar-refractivity contribution is 6.01. The van der Waals surface area contributed by atoms with Crippen LogP contribution in [0.2, 0.25) is 0 Å². The normalized spacial score (nSPS) is 11.7. The Bertz CT molecular complexity index is 1100. The van der Waals surface area contributed by atoms with E-state index in [4.69, 9.17) is 0 Å². The van der Waals surface area contributed by atoms with Gasteiger partial charge in [-0.2, -0.15) is 0 Å². The van der Waals surface area contributed by atoms with Crippen LogP contribution in [0.3, 0.4) is 0 Å². The van der Waals surface area contributed by atoms with Crippen molar-refractivity contribution in [2.24, 2.45) is 7.05 Å². The van der Waals surface area contributed by atoms with E-state index in [0.29, 0.717) is 23.4 Å². The summed E-state index contributed by atoms with van der Waals surface area (Å²) in [6.45, 7) is 3.80. The van der Waals surface area contributed by atoms with Crippen LogP contribution in [-0.2, 0) is 11.8 Å². The third kappa shape index (κ3) is 4.94. The van der Waals surface area contributed by atoms with Gasteiger partial charge in [-0.15, -0.1) is 0 Å². The highest BCUT2D eigenvalue weighted by Gasteiger charge is 2.24. The van der Waals surface area contributed by atoms with E-state index in [1.807, 2.05) is 43.3 Å². The maximum absolute atomic E-state index is 13.1. The first-order valence-electron chi connectivity index (χ1n) is 10.4. The van der Waals surface area contributed by atoms with Gasteiger partial charge < -0.3 is 10.6 Å². The average Bonchev–Trinajstić information content (AvgIpc) is 3.00. The van der Waals surface area contributed by atoms with Crippen LogP contribution in [0, 0.1) is 6.92 Å². The molecule has 3 aromatic rings. The maximum Gasteiger partial charge on any atom is 0.295 e. The first-order valence-corrected chi connectivity index (χ1v) is 10.4. The van der Waals surface area contributed by atoms with E-state index in [1.54, 1.807) is 42.9 Å². The van der Waals surface area contributed by atoms with Crippen molar-refractivity contribution in [2.45, 2.75) is 39.2 Å². The van der Waals surface area contributed by atoms with E-state index in [9.17, 15) is 14.4 Å². The second kappa shape index (κ2) is 9.93. The van der Waals surface area contributed by atoms with Crippen molar-refractivity contribution in [3.8, 4) is 5.69 Å².